The molecule has 1 aromatic heterocycles. The van der Waals surface area contributed by atoms with Gasteiger partial charge in [-0.1, -0.05) is 6.58 Å². The van der Waals surface area contributed by atoms with E-state index in [0.717, 1.165) is 6.42 Å². The number of nitrogens with one attached hydrogen (secondary N) is 1. The lowest BCUT2D eigenvalue weighted by atomic mass is 9.96. The number of carbonyl (C=O) groups is 1. The highest BCUT2D eigenvalue weighted by Crippen LogP contribution is 2.15. The second kappa shape index (κ2) is 7.52. The van der Waals surface area contributed by atoms with Gasteiger partial charge in [0.15, 0.2) is 5.84 Å². The molecule has 0 spiro atoms. The molecule has 5 heteroatoms. The SMILES string of the molecule is C=C(C)C(=O)/C(=N\CN(C)C)NC(C)(C)Cc1ccsc1. The third kappa shape index (κ3) is 6.23. The largest absolute Gasteiger partial charge is 0.362 e. The number of rotatable bonds is 7. The second-order valence-corrected chi connectivity index (χ2v) is 6.93. The minimum Gasteiger partial charge on any atom is -0.362 e. The Morgan fingerprint density at radius 3 is 2.62 bits per heavy atom. The molecule has 1 heterocycles. The molecule has 0 aliphatic heterocycles. The van der Waals surface area contributed by atoms with Gasteiger partial charge in [0, 0.05) is 5.54 Å². The van der Waals surface area contributed by atoms with Crippen LogP contribution in [-0.2, 0) is 11.2 Å². The first-order valence-corrected chi connectivity index (χ1v) is 7.84. The summed E-state index contributed by atoms with van der Waals surface area (Å²) in [5, 5.41) is 7.47. The van der Waals surface area contributed by atoms with Gasteiger partial charge in [-0.15, -0.1) is 0 Å². The molecule has 0 aliphatic rings. The van der Waals surface area contributed by atoms with Crippen molar-refractivity contribution >= 4 is 23.0 Å². The summed E-state index contributed by atoms with van der Waals surface area (Å²) in [6.45, 7) is 10.0. The number of amidine groups is 1. The average molecular weight is 307 g/mol. The summed E-state index contributed by atoms with van der Waals surface area (Å²) in [4.78, 5) is 18.5. The molecule has 0 atom stereocenters. The first-order valence-electron chi connectivity index (χ1n) is 6.90. The highest BCUT2D eigenvalue weighted by atomic mass is 32.1. The smallest absolute Gasteiger partial charge is 0.222 e. The number of hydrogen-bond donors (Lipinski definition) is 1. The van der Waals surface area contributed by atoms with Gasteiger partial charge in [-0.25, -0.2) is 4.99 Å². The van der Waals surface area contributed by atoms with Crippen LogP contribution >= 0.6 is 11.3 Å². The molecule has 0 bridgehead atoms. The molecule has 4 nitrogen and oxygen atoms in total. The number of aliphatic imine (C=N–C) groups is 1. The summed E-state index contributed by atoms with van der Waals surface area (Å²) in [6.07, 6.45) is 0.834. The van der Waals surface area contributed by atoms with Gasteiger partial charge in [0.1, 0.15) is 0 Å². The fourth-order valence-corrected chi connectivity index (χ4v) is 2.52. The first-order chi connectivity index (χ1) is 9.71. The zero-order valence-electron chi connectivity index (χ0n) is 13.6. The number of thiophene rings is 1. The van der Waals surface area contributed by atoms with Crippen LogP contribution in [0.3, 0.4) is 0 Å². The monoisotopic (exact) mass is 307 g/mol. The summed E-state index contributed by atoms with van der Waals surface area (Å²) in [6, 6.07) is 2.10. The Balaban J connectivity index is 2.86. The molecule has 21 heavy (non-hydrogen) atoms. The molecule has 0 amide bonds. The third-order valence-electron chi connectivity index (χ3n) is 2.80. The van der Waals surface area contributed by atoms with Crippen molar-refractivity contribution in [3.63, 3.8) is 0 Å². The highest BCUT2D eigenvalue weighted by Gasteiger charge is 2.23. The predicted octanol–water partition coefficient (Wildman–Crippen LogP) is 2.72. The van der Waals surface area contributed by atoms with E-state index in [2.05, 4.69) is 47.6 Å². The standard InChI is InChI=1S/C16H25N3OS/c1-12(2)14(20)15(17-11-19(5)6)18-16(3,4)9-13-7-8-21-10-13/h7-8,10H,1,9,11H2,2-6H3,(H,17,18). The lowest BCUT2D eigenvalue weighted by Gasteiger charge is -2.28. The molecular weight excluding hydrogens is 282 g/mol. The molecular formula is C16H25N3OS. The van der Waals surface area contributed by atoms with E-state index in [1.165, 1.54) is 5.56 Å². The number of nitrogens with zero attached hydrogens (tertiary/aromatic N) is 2. The Bertz CT molecular complexity index is 516. The average Bonchev–Trinajstić information content (AvgIpc) is 2.85. The van der Waals surface area contributed by atoms with E-state index in [0.29, 0.717) is 18.1 Å². The van der Waals surface area contributed by atoms with E-state index >= 15 is 0 Å². The van der Waals surface area contributed by atoms with Gasteiger partial charge in [-0.2, -0.15) is 11.3 Å². The number of hydrogen-bond acceptors (Lipinski definition) is 4. The van der Waals surface area contributed by atoms with Gasteiger partial charge in [0.05, 0.1) is 6.67 Å². The first kappa shape index (κ1) is 17.6. The predicted molar refractivity (Wildman–Crippen MR) is 91.0 cm³/mol. The van der Waals surface area contributed by atoms with Crippen LogP contribution in [0.1, 0.15) is 26.3 Å². The van der Waals surface area contributed by atoms with E-state index in [4.69, 9.17) is 0 Å². The molecule has 0 aliphatic carbocycles. The summed E-state index contributed by atoms with van der Waals surface area (Å²) < 4.78 is 0. The lowest BCUT2D eigenvalue weighted by Crippen LogP contribution is -2.48. The minimum atomic E-state index is -0.253. The Morgan fingerprint density at radius 2 is 2.14 bits per heavy atom. The van der Waals surface area contributed by atoms with E-state index in [1.54, 1.807) is 18.3 Å². The maximum atomic E-state index is 12.2. The van der Waals surface area contributed by atoms with Crippen LogP contribution in [0.15, 0.2) is 34.0 Å². The minimum absolute atomic E-state index is 0.129. The Morgan fingerprint density at radius 1 is 1.48 bits per heavy atom. The molecule has 0 radical (unpaired) electrons. The van der Waals surface area contributed by atoms with Gasteiger partial charge < -0.3 is 5.32 Å². The van der Waals surface area contributed by atoms with E-state index in [1.807, 2.05) is 19.0 Å². The van der Waals surface area contributed by atoms with Crippen LogP contribution in [-0.4, -0.2) is 42.8 Å². The van der Waals surface area contributed by atoms with Crippen molar-refractivity contribution in [2.24, 2.45) is 4.99 Å². The fourth-order valence-electron chi connectivity index (χ4n) is 1.85. The molecule has 0 saturated heterocycles. The normalized spacial score (nSPS) is 12.6. The summed E-state index contributed by atoms with van der Waals surface area (Å²) in [5.41, 5.74) is 1.50. The van der Waals surface area contributed by atoms with Crippen LogP contribution in [0, 0.1) is 0 Å². The summed E-state index contributed by atoms with van der Waals surface area (Å²) >= 11 is 1.68. The van der Waals surface area contributed by atoms with Crippen molar-refractivity contribution in [1.82, 2.24) is 10.2 Å². The zero-order valence-corrected chi connectivity index (χ0v) is 14.4. The molecule has 0 fully saturated rings. The lowest BCUT2D eigenvalue weighted by molar-refractivity contribution is -0.110. The third-order valence-corrected chi connectivity index (χ3v) is 3.53. The van der Waals surface area contributed by atoms with Crippen molar-refractivity contribution in [1.29, 1.82) is 0 Å². The van der Waals surface area contributed by atoms with E-state index in [-0.39, 0.29) is 11.3 Å². The van der Waals surface area contributed by atoms with Crippen molar-refractivity contribution in [2.45, 2.75) is 32.7 Å². The molecule has 0 saturated carbocycles. The Kier molecular flexibility index (Phi) is 6.30. The number of ketones is 1. The number of carbonyl (C=O) groups excluding carboxylic acids is 1. The molecule has 0 aromatic carbocycles. The Labute approximate surface area is 131 Å². The van der Waals surface area contributed by atoms with Crippen LogP contribution in [0.25, 0.3) is 0 Å². The van der Waals surface area contributed by atoms with Crippen molar-refractivity contribution in [2.75, 3.05) is 20.8 Å². The molecule has 1 aromatic rings. The molecule has 1 N–H and O–H groups in total. The molecule has 0 unspecified atom stereocenters. The van der Waals surface area contributed by atoms with Gasteiger partial charge >= 0.3 is 0 Å². The van der Waals surface area contributed by atoms with E-state index < -0.39 is 0 Å². The number of Topliss-reactive ketones (excluding diaryl/α,β-unsaturated/α-hetero) is 1. The van der Waals surface area contributed by atoms with Gasteiger partial charge in [0.2, 0.25) is 5.78 Å². The van der Waals surface area contributed by atoms with Gasteiger partial charge in [-0.3, -0.25) is 9.69 Å². The molecule has 116 valence electrons. The molecule has 1 rings (SSSR count). The van der Waals surface area contributed by atoms with Crippen LogP contribution in [0.2, 0.25) is 0 Å². The van der Waals surface area contributed by atoms with Gasteiger partial charge in [-0.05, 0) is 69.3 Å². The summed E-state index contributed by atoms with van der Waals surface area (Å²) in [5.74, 6) is 0.256. The maximum Gasteiger partial charge on any atom is 0.222 e. The Hall–Kier alpha value is -1.46. The topological polar surface area (TPSA) is 44.7 Å². The quantitative estimate of drug-likeness (QED) is 0.478. The van der Waals surface area contributed by atoms with Crippen LogP contribution in [0.5, 0.6) is 0 Å². The van der Waals surface area contributed by atoms with Crippen molar-refractivity contribution in [3.8, 4) is 0 Å². The van der Waals surface area contributed by atoms with Crippen molar-refractivity contribution < 1.29 is 4.79 Å². The second-order valence-electron chi connectivity index (χ2n) is 6.15. The van der Waals surface area contributed by atoms with Crippen molar-refractivity contribution in [3.05, 3.63) is 34.5 Å². The van der Waals surface area contributed by atoms with Crippen LogP contribution < -0.4 is 5.32 Å². The van der Waals surface area contributed by atoms with Gasteiger partial charge in [0.25, 0.3) is 0 Å². The highest BCUT2D eigenvalue weighted by molar-refractivity contribution is 7.07. The van der Waals surface area contributed by atoms with E-state index in [9.17, 15) is 4.79 Å². The van der Waals surface area contributed by atoms with Crippen LogP contribution in [0.4, 0.5) is 0 Å². The summed E-state index contributed by atoms with van der Waals surface area (Å²) in [7, 11) is 3.84. The fraction of sp³-hybridized carbons (Fsp3) is 0.500. The zero-order chi connectivity index (χ0) is 16.0. The maximum absolute atomic E-state index is 12.2.